The molecule has 0 saturated heterocycles. The number of nitro benzene ring substituents is 1. The second kappa shape index (κ2) is 6.48. The summed E-state index contributed by atoms with van der Waals surface area (Å²) in [7, 11) is 2.97. The Kier molecular flexibility index (Phi) is 4.08. The number of rotatable bonds is 3. The van der Waals surface area contributed by atoms with Crippen LogP contribution in [0, 0.1) is 10.1 Å². The van der Waals surface area contributed by atoms with Crippen LogP contribution in [0.5, 0.6) is 0 Å². The van der Waals surface area contributed by atoms with Crippen molar-refractivity contribution in [2.75, 3.05) is 5.73 Å². The van der Waals surface area contributed by atoms with Gasteiger partial charge in [-0.1, -0.05) is 24.3 Å². The molecule has 146 valence electrons. The third-order valence-corrected chi connectivity index (χ3v) is 4.97. The number of fused-ring (bicyclic) bond motifs is 1. The summed E-state index contributed by atoms with van der Waals surface area (Å²) in [5.74, 6) is 0. The highest BCUT2D eigenvalue weighted by Crippen LogP contribution is 2.34. The first kappa shape index (κ1) is 18.2. The molecule has 0 saturated carbocycles. The molecular formula is C20H17N5O4. The van der Waals surface area contributed by atoms with Crippen LogP contribution in [0.3, 0.4) is 0 Å². The fraction of sp³-hybridized carbons (Fsp3) is 0.100. The van der Waals surface area contributed by atoms with Crippen LogP contribution in [-0.2, 0) is 14.1 Å². The lowest BCUT2D eigenvalue weighted by Gasteiger charge is -2.12. The normalized spacial score (nSPS) is 11.1. The van der Waals surface area contributed by atoms with E-state index in [2.05, 4.69) is 0 Å². The molecule has 0 atom stereocenters. The molecule has 0 unspecified atom stereocenters. The number of para-hydroxylation sites is 2. The number of nitro groups is 1. The summed E-state index contributed by atoms with van der Waals surface area (Å²) >= 11 is 0. The molecule has 0 spiro atoms. The van der Waals surface area contributed by atoms with Gasteiger partial charge in [0.25, 0.3) is 11.2 Å². The highest BCUT2D eigenvalue weighted by molar-refractivity contribution is 5.95. The molecule has 0 aliphatic heterocycles. The smallest absolute Gasteiger partial charge is 0.330 e. The van der Waals surface area contributed by atoms with E-state index in [0.29, 0.717) is 28.1 Å². The van der Waals surface area contributed by atoms with Crippen molar-refractivity contribution in [2.45, 2.75) is 0 Å². The first-order valence-electron chi connectivity index (χ1n) is 8.72. The van der Waals surface area contributed by atoms with Crippen molar-refractivity contribution in [3.8, 4) is 16.9 Å². The lowest BCUT2D eigenvalue weighted by atomic mass is 10.1. The van der Waals surface area contributed by atoms with Crippen LogP contribution >= 0.6 is 0 Å². The summed E-state index contributed by atoms with van der Waals surface area (Å²) in [6.07, 6.45) is 1.65. The van der Waals surface area contributed by atoms with E-state index >= 15 is 0 Å². The third-order valence-electron chi connectivity index (χ3n) is 4.97. The lowest BCUT2D eigenvalue weighted by molar-refractivity contribution is -0.384. The van der Waals surface area contributed by atoms with Crippen LogP contribution in [0.4, 0.5) is 11.4 Å². The maximum absolute atomic E-state index is 13.0. The summed E-state index contributed by atoms with van der Waals surface area (Å²) in [4.78, 5) is 36.2. The number of hydrogen-bond acceptors (Lipinski definition) is 5. The minimum Gasteiger partial charge on any atom is -0.397 e. The molecule has 2 aromatic heterocycles. The van der Waals surface area contributed by atoms with E-state index in [9.17, 15) is 19.7 Å². The molecule has 4 rings (SSSR count). The van der Waals surface area contributed by atoms with Crippen molar-refractivity contribution in [3.05, 3.63) is 85.7 Å². The van der Waals surface area contributed by atoms with Crippen molar-refractivity contribution in [1.82, 2.24) is 13.7 Å². The summed E-state index contributed by atoms with van der Waals surface area (Å²) < 4.78 is 4.08. The molecule has 0 radical (unpaired) electrons. The predicted molar refractivity (Wildman–Crippen MR) is 110 cm³/mol. The van der Waals surface area contributed by atoms with Gasteiger partial charge < -0.3 is 10.3 Å². The zero-order valence-electron chi connectivity index (χ0n) is 15.7. The van der Waals surface area contributed by atoms with Crippen LogP contribution in [-0.4, -0.2) is 18.6 Å². The Hall–Kier alpha value is -4.14. The minimum absolute atomic E-state index is 0.105. The van der Waals surface area contributed by atoms with Crippen LogP contribution < -0.4 is 17.0 Å². The summed E-state index contributed by atoms with van der Waals surface area (Å²) in [5.41, 5.74) is 7.45. The van der Waals surface area contributed by atoms with E-state index in [4.69, 9.17) is 5.73 Å². The molecule has 2 aromatic carbocycles. The number of nitrogen functional groups attached to an aromatic ring is 1. The maximum atomic E-state index is 13.0. The van der Waals surface area contributed by atoms with Gasteiger partial charge in [0.1, 0.15) is 0 Å². The van der Waals surface area contributed by atoms with E-state index in [1.165, 1.54) is 23.7 Å². The second-order valence-electron chi connectivity index (χ2n) is 6.68. The van der Waals surface area contributed by atoms with Gasteiger partial charge in [-0.15, -0.1) is 0 Å². The van der Waals surface area contributed by atoms with Crippen molar-refractivity contribution in [3.63, 3.8) is 0 Å². The van der Waals surface area contributed by atoms with Gasteiger partial charge in [-0.2, -0.15) is 0 Å². The number of anilines is 1. The second-order valence-corrected chi connectivity index (χ2v) is 6.68. The fourth-order valence-electron chi connectivity index (χ4n) is 3.49. The first-order valence-corrected chi connectivity index (χ1v) is 8.72. The van der Waals surface area contributed by atoms with E-state index < -0.39 is 16.2 Å². The molecule has 0 bridgehead atoms. The zero-order valence-corrected chi connectivity index (χ0v) is 15.7. The van der Waals surface area contributed by atoms with Crippen molar-refractivity contribution in [2.24, 2.45) is 14.1 Å². The fourth-order valence-corrected chi connectivity index (χ4v) is 3.49. The minimum atomic E-state index is -0.496. The van der Waals surface area contributed by atoms with Gasteiger partial charge in [-0.05, 0) is 12.1 Å². The molecule has 0 fully saturated rings. The Morgan fingerprint density at radius 2 is 1.72 bits per heavy atom. The zero-order chi connectivity index (χ0) is 20.9. The number of aryl methyl sites for hydroxylation is 1. The Bertz CT molecular complexity index is 1410. The van der Waals surface area contributed by atoms with Gasteiger partial charge in [0, 0.05) is 38.0 Å². The Balaban J connectivity index is 2.22. The number of nitrogens with zero attached hydrogens (tertiary/aromatic N) is 4. The lowest BCUT2D eigenvalue weighted by Crippen LogP contribution is -2.36. The predicted octanol–water partition coefficient (Wildman–Crippen LogP) is 2.19. The van der Waals surface area contributed by atoms with Gasteiger partial charge in [-0.25, -0.2) is 4.79 Å². The SMILES string of the molecule is Cn1c(=O)c2c(-c3cccc([N+](=O)[O-])c3)n(-c3ccccc3N)cc2n(C)c1=O. The maximum Gasteiger partial charge on any atom is 0.330 e. The highest BCUT2D eigenvalue weighted by Gasteiger charge is 2.22. The molecule has 0 aliphatic rings. The van der Waals surface area contributed by atoms with Gasteiger partial charge in [0.05, 0.1) is 32.9 Å². The molecule has 9 nitrogen and oxygen atoms in total. The Labute approximate surface area is 164 Å². The third kappa shape index (κ3) is 2.71. The topological polar surface area (TPSA) is 118 Å². The highest BCUT2D eigenvalue weighted by atomic mass is 16.6. The van der Waals surface area contributed by atoms with E-state index in [1.54, 1.807) is 54.2 Å². The Morgan fingerprint density at radius 1 is 1.00 bits per heavy atom. The summed E-state index contributed by atoms with van der Waals surface area (Å²) in [6.45, 7) is 0. The molecule has 2 N–H and O–H groups in total. The van der Waals surface area contributed by atoms with E-state index in [1.807, 2.05) is 0 Å². The average Bonchev–Trinajstić information content (AvgIpc) is 3.11. The van der Waals surface area contributed by atoms with Crippen molar-refractivity contribution >= 4 is 22.3 Å². The van der Waals surface area contributed by atoms with Crippen molar-refractivity contribution < 1.29 is 4.92 Å². The molecule has 9 heteroatoms. The van der Waals surface area contributed by atoms with Crippen LogP contribution in [0.2, 0.25) is 0 Å². The van der Waals surface area contributed by atoms with Crippen molar-refractivity contribution in [1.29, 1.82) is 0 Å². The van der Waals surface area contributed by atoms with Gasteiger partial charge >= 0.3 is 5.69 Å². The van der Waals surface area contributed by atoms with Crippen LogP contribution in [0.25, 0.3) is 27.8 Å². The van der Waals surface area contributed by atoms with E-state index in [0.717, 1.165) is 4.57 Å². The summed E-state index contributed by atoms with van der Waals surface area (Å²) in [5, 5.41) is 11.6. The summed E-state index contributed by atoms with van der Waals surface area (Å²) in [6, 6.07) is 13.1. The van der Waals surface area contributed by atoms with Crippen LogP contribution in [0.15, 0.2) is 64.3 Å². The number of aromatic nitrogens is 3. The van der Waals surface area contributed by atoms with Gasteiger partial charge in [-0.3, -0.25) is 24.0 Å². The Morgan fingerprint density at radius 3 is 2.41 bits per heavy atom. The first-order chi connectivity index (χ1) is 13.8. The molecular weight excluding hydrogens is 374 g/mol. The number of nitrogens with two attached hydrogens (primary N) is 1. The van der Waals surface area contributed by atoms with E-state index in [-0.39, 0.29) is 11.1 Å². The van der Waals surface area contributed by atoms with Gasteiger partial charge in [0.2, 0.25) is 0 Å². The molecule has 0 aliphatic carbocycles. The van der Waals surface area contributed by atoms with Gasteiger partial charge in [0.15, 0.2) is 0 Å². The molecule has 0 amide bonds. The largest absolute Gasteiger partial charge is 0.397 e. The standard InChI is InChI=1S/C20H17N5O4/c1-22-16-11-24(15-9-4-3-8-14(15)21)18(17(16)19(26)23(2)20(22)27)12-6-5-7-13(10-12)25(28)29/h3-11H,21H2,1-2H3. The molecule has 4 aromatic rings. The quantitative estimate of drug-likeness (QED) is 0.326. The number of hydrogen-bond donors (Lipinski definition) is 1. The average molecular weight is 391 g/mol. The molecule has 29 heavy (non-hydrogen) atoms. The van der Waals surface area contributed by atoms with Crippen LogP contribution in [0.1, 0.15) is 0 Å². The monoisotopic (exact) mass is 391 g/mol. The number of non-ortho nitro benzene ring substituents is 1. The number of benzene rings is 2. The molecule has 2 heterocycles.